The summed E-state index contributed by atoms with van der Waals surface area (Å²) in [6.07, 6.45) is 0.742. The fourth-order valence-corrected chi connectivity index (χ4v) is 4.76. The standard InChI is InChI=1S/C26H33N7O4/c1-5-22-20-14-21(24(37-17-36-4)15-23(20)32(29-22)16-35-3)25-27-28-26(34)33(25)19-8-6-18(7-9-19)31-12-10-30(2)11-13-31/h6-9,14-15H,5,10-13,16-17H2,1-4H3,(H,28,34). The highest BCUT2D eigenvalue weighted by Crippen LogP contribution is 2.35. The lowest BCUT2D eigenvalue weighted by molar-refractivity contribution is 0.0515. The number of aromatic amines is 1. The van der Waals surface area contributed by atoms with Crippen molar-refractivity contribution >= 4 is 16.6 Å². The maximum atomic E-state index is 13.0. The zero-order valence-corrected chi connectivity index (χ0v) is 21.7. The van der Waals surface area contributed by atoms with Crippen molar-refractivity contribution in [3.05, 3.63) is 52.6 Å². The molecule has 37 heavy (non-hydrogen) atoms. The van der Waals surface area contributed by atoms with Gasteiger partial charge in [-0.05, 0) is 43.8 Å². The van der Waals surface area contributed by atoms with Gasteiger partial charge in [0.1, 0.15) is 12.5 Å². The van der Waals surface area contributed by atoms with Crippen LogP contribution in [0.15, 0.2) is 41.2 Å². The smallest absolute Gasteiger partial charge is 0.348 e. The summed E-state index contributed by atoms with van der Waals surface area (Å²) >= 11 is 0. The Morgan fingerprint density at radius 1 is 1.00 bits per heavy atom. The molecule has 196 valence electrons. The number of likely N-dealkylation sites (N-methyl/N-ethyl adjacent to an activating group) is 1. The monoisotopic (exact) mass is 507 g/mol. The molecule has 5 rings (SSSR count). The number of anilines is 1. The molecule has 1 saturated heterocycles. The number of fused-ring (bicyclic) bond motifs is 1. The third-order valence-electron chi connectivity index (χ3n) is 6.74. The molecular formula is C26H33N7O4. The van der Waals surface area contributed by atoms with Gasteiger partial charge in [0.05, 0.1) is 22.5 Å². The van der Waals surface area contributed by atoms with E-state index in [2.05, 4.69) is 46.1 Å². The van der Waals surface area contributed by atoms with Crippen LogP contribution in [0.2, 0.25) is 0 Å². The molecule has 1 fully saturated rings. The Bertz CT molecular complexity index is 1420. The Kier molecular flexibility index (Phi) is 7.26. The number of piperazine rings is 1. The minimum Gasteiger partial charge on any atom is -0.467 e. The van der Waals surface area contributed by atoms with E-state index >= 15 is 0 Å². The predicted octanol–water partition coefficient (Wildman–Crippen LogP) is 2.48. The van der Waals surface area contributed by atoms with Crippen LogP contribution >= 0.6 is 0 Å². The third kappa shape index (κ3) is 4.85. The number of aryl methyl sites for hydroxylation is 1. The molecule has 3 heterocycles. The molecule has 2 aromatic carbocycles. The summed E-state index contributed by atoms with van der Waals surface area (Å²) in [6.45, 7) is 6.42. The number of rotatable bonds is 9. The van der Waals surface area contributed by atoms with Crippen LogP contribution in [0.1, 0.15) is 12.6 Å². The van der Waals surface area contributed by atoms with Crippen LogP contribution in [0.3, 0.4) is 0 Å². The fraction of sp³-hybridized carbons (Fsp3) is 0.423. The molecule has 11 heteroatoms. The first-order valence-corrected chi connectivity index (χ1v) is 12.4. The van der Waals surface area contributed by atoms with Crippen LogP contribution in [0.4, 0.5) is 5.69 Å². The lowest BCUT2D eigenvalue weighted by atomic mass is 10.1. The van der Waals surface area contributed by atoms with Crippen LogP contribution in [-0.2, 0) is 22.6 Å². The fourth-order valence-electron chi connectivity index (χ4n) is 4.76. The van der Waals surface area contributed by atoms with Crippen molar-refractivity contribution in [3.8, 4) is 22.8 Å². The number of aromatic nitrogens is 5. The maximum Gasteiger partial charge on any atom is 0.348 e. The number of methoxy groups -OCH3 is 2. The van der Waals surface area contributed by atoms with Gasteiger partial charge in [0.2, 0.25) is 0 Å². The SMILES string of the molecule is CCc1nn(COC)c2cc(OCOC)c(-c3n[nH]c(=O)n3-c3ccc(N4CCN(C)CC4)cc3)cc12. The normalized spacial score (nSPS) is 14.5. The quantitative estimate of drug-likeness (QED) is 0.345. The van der Waals surface area contributed by atoms with Gasteiger partial charge in [-0.1, -0.05) is 6.92 Å². The molecule has 4 aromatic rings. The second-order valence-corrected chi connectivity index (χ2v) is 9.13. The van der Waals surface area contributed by atoms with E-state index in [9.17, 15) is 4.79 Å². The zero-order chi connectivity index (χ0) is 25.9. The van der Waals surface area contributed by atoms with E-state index in [4.69, 9.17) is 19.3 Å². The molecule has 0 atom stereocenters. The summed E-state index contributed by atoms with van der Waals surface area (Å²) < 4.78 is 19.8. The van der Waals surface area contributed by atoms with Crippen molar-refractivity contribution in [2.24, 2.45) is 0 Å². The third-order valence-corrected chi connectivity index (χ3v) is 6.74. The van der Waals surface area contributed by atoms with E-state index in [1.54, 1.807) is 23.5 Å². The van der Waals surface area contributed by atoms with Gasteiger partial charge >= 0.3 is 5.69 Å². The van der Waals surface area contributed by atoms with E-state index in [1.807, 2.05) is 24.3 Å². The molecular weight excluding hydrogens is 474 g/mol. The average molecular weight is 508 g/mol. The summed E-state index contributed by atoms with van der Waals surface area (Å²) in [4.78, 5) is 17.7. The largest absolute Gasteiger partial charge is 0.467 e. The number of nitrogens with one attached hydrogen (secondary N) is 1. The van der Waals surface area contributed by atoms with Gasteiger partial charge in [0.15, 0.2) is 12.6 Å². The van der Waals surface area contributed by atoms with Gasteiger partial charge in [-0.15, -0.1) is 0 Å². The first-order chi connectivity index (χ1) is 18.0. The van der Waals surface area contributed by atoms with Gasteiger partial charge in [0.25, 0.3) is 0 Å². The van der Waals surface area contributed by atoms with E-state index < -0.39 is 0 Å². The minimum atomic E-state index is -0.328. The van der Waals surface area contributed by atoms with Crippen molar-refractivity contribution in [2.45, 2.75) is 20.1 Å². The van der Waals surface area contributed by atoms with Crippen molar-refractivity contribution in [1.29, 1.82) is 0 Å². The molecule has 0 spiro atoms. The first-order valence-electron chi connectivity index (χ1n) is 12.4. The molecule has 0 amide bonds. The van der Waals surface area contributed by atoms with E-state index in [1.165, 1.54) is 0 Å². The lowest BCUT2D eigenvalue weighted by Crippen LogP contribution is -2.44. The second kappa shape index (κ2) is 10.8. The van der Waals surface area contributed by atoms with Crippen LogP contribution in [0.25, 0.3) is 28.0 Å². The molecule has 0 saturated carbocycles. The predicted molar refractivity (Wildman–Crippen MR) is 142 cm³/mol. The molecule has 2 aromatic heterocycles. The van der Waals surface area contributed by atoms with Gasteiger partial charge < -0.3 is 24.0 Å². The number of H-pyrrole nitrogens is 1. The topological polar surface area (TPSA) is 103 Å². The van der Waals surface area contributed by atoms with Crippen molar-refractivity contribution in [3.63, 3.8) is 0 Å². The number of hydrogen-bond donors (Lipinski definition) is 1. The van der Waals surface area contributed by atoms with Crippen LogP contribution in [0, 0.1) is 0 Å². The second-order valence-electron chi connectivity index (χ2n) is 9.13. The molecule has 0 unspecified atom stereocenters. The number of nitrogens with zero attached hydrogens (tertiary/aromatic N) is 6. The van der Waals surface area contributed by atoms with Gasteiger partial charge in [-0.2, -0.15) is 10.2 Å². The molecule has 1 aliphatic heterocycles. The molecule has 0 aliphatic carbocycles. The summed E-state index contributed by atoms with van der Waals surface area (Å²) in [7, 11) is 5.34. The Morgan fingerprint density at radius 2 is 1.73 bits per heavy atom. The first kappa shape index (κ1) is 25.0. The van der Waals surface area contributed by atoms with Crippen molar-refractivity contribution in [1.82, 2.24) is 29.4 Å². The highest BCUT2D eigenvalue weighted by atomic mass is 16.7. The van der Waals surface area contributed by atoms with E-state index in [-0.39, 0.29) is 12.5 Å². The molecule has 0 bridgehead atoms. The molecule has 0 radical (unpaired) electrons. The average Bonchev–Trinajstić information content (AvgIpc) is 3.47. The van der Waals surface area contributed by atoms with Gasteiger partial charge in [-0.25, -0.2) is 19.1 Å². The highest BCUT2D eigenvalue weighted by Gasteiger charge is 2.22. The minimum absolute atomic E-state index is 0.0476. The highest BCUT2D eigenvalue weighted by molar-refractivity contribution is 5.89. The van der Waals surface area contributed by atoms with Gasteiger partial charge in [-0.3, -0.25) is 0 Å². The number of ether oxygens (including phenoxy) is 3. The van der Waals surface area contributed by atoms with Crippen LogP contribution in [0.5, 0.6) is 5.75 Å². The Morgan fingerprint density at radius 3 is 2.41 bits per heavy atom. The van der Waals surface area contributed by atoms with Crippen LogP contribution in [-0.4, -0.2) is 83.7 Å². The Hall–Kier alpha value is -3.67. The molecule has 1 aliphatic rings. The lowest BCUT2D eigenvalue weighted by Gasteiger charge is -2.34. The van der Waals surface area contributed by atoms with Crippen molar-refractivity contribution < 1.29 is 14.2 Å². The van der Waals surface area contributed by atoms with E-state index in [0.29, 0.717) is 23.9 Å². The Balaban J connectivity index is 1.59. The zero-order valence-electron chi connectivity index (χ0n) is 21.7. The molecule has 11 nitrogen and oxygen atoms in total. The molecule has 1 N–H and O–H groups in total. The summed E-state index contributed by atoms with van der Waals surface area (Å²) in [6, 6.07) is 11.9. The van der Waals surface area contributed by atoms with Crippen molar-refractivity contribution in [2.75, 3.05) is 59.1 Å². The van der Waals surface area contributed by atoms with Crippen LogP contribution < -0.4 is 15.3 Å². The number of hydrogen-bond acceptors (Lipinski definition) is 8. The maximum absolute atomic E-state index is 13.0. The number of benzene rings is 2. The summed E-state index contributed by atoms with van der Waals surface area (Å²) in [5.74, 6) is 0.982. The summed E-state index contributed by atoms with van der Waals surface area (Å²) in [5.41, 5.74) is 3.99. The van der Waals surface area contributed by atoms with Gasteiger partial charge in [0, 0.05) is 57.5 Å². The summed E-state index contributed by atoms with van der Waals surface area (Å²) in [5, 5.41) is 12.7. The van der Waals surface area contributed by atoms with E-state index in [0.717, 1.165) is 60.6 Å². The Labute approximate surface area is 215 Å².